The standard InChI is InChI=1S/C11H17N3O5S/c1-6-10(7(2)13(3)12-6)20(18,19)14-5-8(15)4-9(14)11(16)17/h8-9,15H,4-5H2,1-3H3,(H,16,17)/t8-,9-/m0/s1. The largest absolute Gasteiger partial charge is 0.480 e. The zero-order valence-electron chi connectivity index (χ0n) is 11.4. The second kappa shape index (κ2) is 4.83. The summed E-state index contributed by atoms with van der Waals surface area (Å²) in [6.07, 6.45) is -1.07. The maximum Gasteiger partial charge on any atom is 0.322 e. The lowest BCUT2D eigenvalue weighted by atomic mass is 10.2. The summed E-state index contributed by atoms with van der Waals surface area (Å²) in [5.74, 6) is -1.26. The zero-order valence-corrected chi connectivity index (χ0v) is 12.3. The van der Waals surface area contributed by atoms with Crippen molar-refractivity contribution in [3.05, 3.63) is 11.4 Å². The molecular formula is C11H17N3O5S. The van der Waals surface area contributed by atoms with Crippen molar-refractivity contribution < 1.29 is 23.4 Å². The van der Waals surface area contributed by atoms with Crippen molar-refractivity contribution in [2.45, 2.75) is 37.3 Å². The molecule has 2 atom stereocenters. The third kappa shape index (κ3) is 2.21. The van der Waals surface area contributed by atoms with E-state index in [0.29, 0.717) is 11.4 Å². The lowest BCUT2D eigenvalue weighted by Gasteiger charge is -2.20. The fraction of sp³-hybridized carbons (Fsp3) is 0.636. The number of carboxylic acids is 1. The van der Waals surface area contributed by atoms with E-state index in [2.05, 4.69) is 5.10 Å². The topological polar surface area (TPSA) is 113 Å². The molecule has 8 nitrogen and oxygen atoms in total. The number of hydrogen-bond acceptors (Lipinski definition) is 5. The Hall–Kier alpha value is -1.45. The number of nitrogens with zero attached hydrogens (tertiary/aromatic N) is 3. The number of sulfonamides is 1. The van der Waals surface area contributed by atoms with Crippen LogP contribution in [0.3, 0.4) is 0 Å². The second-order valence-electron chi connectivity index (χ2n) is 4.94. The fourth-order valence-electron chi connectivity index (χ4n) is 2.52. The molecule has 2 rings (SSSR count). The average molecular weight is 303 g/mol. The quantitative estimate of drug-likeness (QED) is 0.759. The number of aromatic nitrogens is 2. The van der Waals surface area contributed by atoms with Crippen molar-refractivity contribution >= 4 is 16.0 Å². The molecule has 1 fully saturated rings. The van der Waals surface area contributed by atoms with E-state index in [-0.39, 0.29) is 17.9 Å². The third-order valence-electron chi connectivity index (χ3n) is 3.53. The minimum absolute atomic E-state index is 0.0142. The van der Waals surface area contributed by atoms with Crippen LogP contribution in [-0.2, 0) is 21.9 Å². The van der Waals surface area contributed by atoms with Crippen molar-refractivity contribution in [3.8, 4) is 0 Å². The Balaban J connectivity index is 2.52. The maximum atomic E-state index is 12.6. The highest BCUT2D eigenvalue weighted by Crippen LogP contribution is 2.29. The molecule has 20 heavy (non-hydrogen) atoms. The van der Waals surface area contributed by atoms with E-state index in [4.69, 9.17) is 5.11 Å². The summed E-state index contributed by atoms with van der Waals surface area (Å²) in [4.78, 5) is 11.2. The van der Waals surface area contributed by atoms with Gasteiger partial charge in [0.25, 0.3) is 0 Å². The monoisotopic (exact) mass is 303 g/mol. The van der Waals surface area contributed by atoms with Gasteiger partial charge in [0.15, 0.2) is 0 Å². The Morgan fingerprint density at radius 1 is 1.40 bits per heavy atom. The number of aliphatic hydroxyl groups is 1. The smallest absolute Gasteiger partial charge is 0.322 e. The van der Waals surface area contributed by atoms with E-state index < -0.39 is 28.1 Å². The van der Waals surface area contributed by atoms with Gasteiger partial charge in [0.05, 0.1) is 17.5 Å². The highest BCUT2D eigenvalue weighted by atomic mass is 32.2. The summed E-state index contributed by atoms with van der Waals surface area (Å²) in [7, 11) is -2.38. The van der Waals surface area contributed by atoms with Crippen LogP contribution in [0.1, 0.15) is 17.8 Å². The first-order valence-electron chi connectivity index (χ1n) is 6.09. The molecule has 0 unspecified atom stereocenters. The van der Waals surface area contributed by atoms with E-state index in [0.717, 1.165) is 4.31 Å². The fourth-order valence-corrected chi connectivity index (χ4v) is 4.55. The maximum absolute atomic E-state index is 12.6. The highest BCUT2D eigenvalue weighted by molar-refractivity contribution is 7.89. The molecule has 0 aliphatic carbocycles. The molecule has 0 aromatic carbocycles. The molecule has 1 aromatic rings. The first-order valence-corrected chi connectivity index (χ1v) is 7.53. The molecule has 112 valence electrons. The van der Waals surface area contributed by atoms with Crippen LogP contribution in [0.15, 0.2) is 4.90 Å². The Kier molecular flexibility index (Phi) is 3.61. The molecule has 2 N–H and O–H groups in total. The van der Waals surface area contributed by atoms with Gasteiger partial charge in [0.1, 0.15) is 10.9 Å². The van der Waals surface area contributed by atoms with Gasteiger partial charge in [-0.2, -0.15) is 9.40 Å². The molecule has 0 spiro atoms. The van der Waals surface area contributed by atoms with Crippen molar-refractivity contribution in [2.24, 2.45) is 7.05 Å². The minimum atomic E-state index is -4.00. The molecule has 0 amide bonds. The Morgan fingerprint density at radius 3 is 2.45 bits per heavy atom. The van der Waals surface area contributed by atoms with Crippen molar-refractivity contribution in [1.29, 1.82) is 0 Å². The van der Waals surface area contributed by atoms with Gasteiger partial charge in [0, 0.05) is 20.0 Å². The summed E-state index contributed by atoms with van der Waals surface area (Å²) in [5.41, 5.74) is 0.753. The first kappa shape index (κ1) is 14.9. The van der Waals surface area contributed by atoms with Gasteiger partial charge < -0.3 is 10.2 Å². The number of β-amino-alcohol motifs (C(OH)–C–C–N with tert-alkyl or cyclic N) is 1. The lowest BCUT2D eigenvalue weighted by Crippen LogP contribution is -2.40. The molecule has 1 saturated heterocycles. The second-order valence-corrected chi connectivity index (χ2v) is 6.77. The van der Waals surface area contributed by atoms with Crippen LogP contribution in [0, 0.1) is 13.8 Å². The predicted octanol–water partition coefficient (Wildman–Crippen LogP) is -0.755. The molecule has 0 radical (unpaired) electrons. The Bertz CT molecular complexity index is 651. The van der Waals surface area contributed by atoms with Crippen molar-refractivity contribution in [1.82, 2.24) is 14.1 Å². The van der Waals surface area contributed by atoms with Crippen molar-refractivity contribution in [3.63, 3.8) is 0 Å². The van der Waals surface area contributed by atoms with Crippen molar-refractivity contribution in [2.75, 3.05) is 6.54 Å². The summed E-state index contributed by atoms with van der Waals surface area (Å²) < 4.78 is 27.6. The van der Waals surface area contributed by atoms with Crippen LogP contribution in [0.25, 0.3) is 0 Å². The van der Waals surface area contributed by atoms with E-state index in [1.807, 2.05) is 0 Å². The van der Waals surface area contributed by atoms with Gasteiger partial charge in [-0.15, -0.1) is 0 Å². The van der Waals surface area contributed by atoms with Gasteiger partial charge in [-0.3, -0.25) is 9.48 Å². The Morgan fingerprint density at radius 2 is 2.00 bits per heavy atom. The van der Waals surface area contributed by atoms with E-state index in [1.54, 1.807) is 20.9 Å². The number of aliphatic carboxylic acids is 1. The summed E-state index contributed by atoms with van der Waals surface area (Å²) >= 11 is 0. The SMILES string of the molecule is Cc1nn(C)c(C)c1S(=O)(=O)N1C[C@@H](O)C[C@H]1C(=O)O. The van der Waals surface area contributed by atoms with Gasteiger partial charge in [0.2, 0.25) is 10.0 Å². The van der Waals surface area contributed by atoms with Crippen LogP contribution in [0.2, 0.25) is 0 Å². The molecular weight excluding hydrogens is 286 g/mol. The van der Waals surface area contributed by atoms with Gasteiger partial charge >= 0.3 is 5.97 Å². The normalized spacial score (nSPS) is 24.2. The molecule has 1 aliphatic rings. The number of aliphatic hydroxyl groups excluding tert-OH is 1. The molecule has 9 heteroatoms. The van der Waals surface area contributed by atoms with Gasteiger partial charge in [-0.25, -0.2) is 8.42 Å². The zero-order chi connectivity index (χ0) is 15.2. The number of rotatable bonds is 3. The molecule has 2 heterocycles. The summed E-state index contributed by atoms with van der Waals surface area (Å²) in [5, 5.41) is 22.7. The van der Waals surface area contributed by atoms with E-state index in [9.17, 15) is 18.3 Å². The minimum Gasteiger partial charge on any atom is -0.480 e. The van der Waals surface area contributed by atoms with Crippen LogP contribution in [0.4, 0.5) is 0 Å². The van der Waals surface area contributed by atoms with E-state index in [1.165, 1.54) is 4.68 Å². The number of carbonyl (C=O) groups is 1. The van der Waals surface area contributed by atoms with Crippen LogP contribution in [0.5, 0.6) is 0 Å². The average Bonchev–Trinajstić information content (AvgIpc) is 2.81. The molecule has 1 aliphatic heterocycles. The molecule has 0 bridgehead atoms. The van der Waals surface area contributed by atoms with Crippen LogP contribution in [-0.4, -0.2) is 57.4 Å². The number of hydrogen-bond donors (Lipinski definition) is 2. The van der Waals surface area contributed by atoms with E-state index >= 15 is 0 Å². The van der Waals surface area contributed by atoms with Crippen LogP contribution < -0.4 is 0 Å². The summed E-state index contributed by atoms with van der Waals surface area (Å²) in [6, 6.07) is -1.24. The highest BCUT2D eigenvalue weighted by Gasteiger charge is 2.45. The van der Waals surface area contributed by atoms with Gasteiger partial charge in [-0.1, -0.05) is 0 Å². The number of carboxylic acid groups (broad SMARTS) is 1. The van der Waals surface area contributed by atoms with Gasteiger partial charge in [-0.05, 0) is 13.8 Å². The third-order valence-corrected chi connectivity index (χ3v) is 5.66. The summed E-state index contributed by atoms with van der Waals surface area (Å²) in [6.45, 7) is 2.95. The predicted molar refractivity (Wildman–Crippen MR) is 68.6 cm³/mol. The molecule has 1 aromatic heterocycles. The lowest BCUT2D eigenvalue weighted by molar-refractivity contribution is -0.140. The first-order chi connectivity index (χ1) is 9.16. The Labute approximate surface area is 116 Å². The molecule has 0 saturated carbocycles. The van der Waals surface area contributed by atoms with Crippen LogP contribution >= 0.6 is 0 Å². The number of aryl methyl sites for hydroxylation is 2.